The molecule has 0 radical (unpaired) electrons. The van der Waals surface area contributed by atoms with Crippen LogP contribution in [0.1, 0.15) is 46.0 Å². The molecule has 1 aliphatic heterocycles. The van der Waals surface area contributed by atoms with Crippen LogP contribution in [0.15, 0.2) is 24.3 Å². The van der Waals surface area contributed by atoms with Crippen LogP contribution in [0.2, 0.25) is 0 Å². The van der Waals surface area contributed by atoms with E-state index in [0.29, 0.717) is 22.5 Å². The van der Waals surface area contributed by atoms with Crippen LogP contribution in [-0.4, -0.2) is 29.6 Å². The van der Waals surface area contributed by atoms with E-state index in [1.54, 1.807) is 18.2 Å². The summed E-state index contributed by atoms with van der Waals surface area (Å²) in [7, 11) is 0. The number of carbonyl (C=O) groups excluding carboxylic acids is 2. The summed E-state index contributed by atoms with van der Waals surface area (Å²) in [6.45, 7) is 5.10. The van der Waals surface area contributed by atoms with E-state index in [4.69, 9.17) is 17.0 Å². The number of fused-ring (bicyclic) bond motifs is 1. The molecular formula is C19H28N4O3S. The molecule has 0 saturated carbocycles. The highest BCUT2D eigenvalue weighted by Crippen LogP contribution is 2.29. The lowest BCUT2D eigenvalue weighted by molar-refractivity contribution is -0.130. The highest BCUT2D eigenvalue weighted by Gasteiger charge is 2.29. The van der Waals surface area contributed by atoms with Gasteiger partial charge in [0.1, 0.15) is 5.75 Å². The summed E-state index contributed by atoms with van der Waals surface area (Å²) in [5.74, 6) is 0.337. The van der Waals surface area contributed by atoms with Gasteiger partial charge in [-0.25, -0.2) is 0 Å². The Morgan fingerprint density at radius 2 is 2.07 bits per heavy atom. The first-order valence-electron chi connectivity index (χ1n) is 9.38. The van der Waals surface area contributed by atoms with Crippen molar-refractivity contribution in [2.24, 2.45) is 5.92 Å². The van der Waals surface area contributed by atoms with Crippen LogP contribution in [0, 0.1) is 5.92 Å². The first-order chi connectivity index (χ1) is 13.0. The second kappa shape index (κ2) is 10.7. The Balaban J connectivity index is 1.67. The Hall–Kier alpha value is -2.35. The van der Waals surface area contributed by atoms with Gasteiger partial charge in [0.2, 0.25) is 5.91 Å². The van der Waals surface area contributed by atoms with Crippen LogP contribution >= 0.6 is 12.2 Å². The van der Waals surface area contributed by atoms with Gasteiger partial charge < -0.3 is 15.4 Å². The molecule has 4 N–H and O–H groups in total. The fourth-order valence-electron chi connectivity index (χ4n) is 2.73. The average Bonchev–Trinajstić information content (AvgIpc) is 2.65. The molecule has 27 heavy (non-hydrogen) atoms. The van der Waals surface area contributed by atoms with Gasteiger partial charge in [-0.15, -0.1) is 0 Å². The highest BCUT2D eigenvalue weighted by atomic mass is 32.1. The van der Waals surface area contributed by atoms with E-state index in [0.717, 1.165) is 13.0 Å². The Morgan fingerprint density at radius 3 is 2.85 bits per heavy atom. The number of hydrazine groups is 1. The summed E-state index contributed by atoms with van der Waals surface area (Å²) in [4.78, 5) is 24.1. The summed E-state index contributed by atoms with van der Waals surface area (Å²) >= 11 is 5.16. The van der Waals surface area contributed by atoms with Crippen molar-refractivity contribution in [1.82, 2.24) is 16.2 Å². The number of thiocarbonyl (C=S) groups is 1. The van der Waals surface area contributed by atoms with E-state index < -0.39 is 6.10 Å². The zero-order valence-corrected chi connectivity index (χ0v) is 16.7. The van der Waals surface area contributed by atoms with Gasteiger partial charge in [-0.05, 0) is 36.7 Å². The monoisotopic (exact) mass is 392 g/mol. The van der Waals surface area contributed by atoms with Crippen molar-refractivity contribution in [2.45, 2.75) is 52.1 Å². The molecule has 1 heterocycles. The number of hydrogen-bond acceptors (Lipinski definition) is 4. The Kier molecular flexibility index (Phi) is 8.32. The molecule has 1 aromatic carbocycles. The quantitative estimate of drug-likeness (QED) is 0.309. The van der Waals surface area contributed by atoms with E-state index in [9.17, 15) is 9.59 Å². The summed E-state index contributed by atoms with van der Waals surface area (Å²) in [5.41, 5.74) is 5.77. The van der Waals surface area contributed by atoms with Gasteiger partial charge >= 0.3 is 0 Å². The van der Waals surface area contributed by atoms with Crippen LogP contribution in [0.3, 0.4) is 0 Å². The van der Waals surface area contributed by atoms with Crippen LogP contribution < -0.4 is 26.2 Å². The van der Waals surface area contributed by atoms with Crippen molar-refractivity contribution in [3.05, 3.63) is 24.3 Å². The fourth-order valence-corrected chi connectivity index (χ4v) is 2.86. The standard InChI is InChI=1S/C19H28N4O3S/c1-3-4-5-8-13(2)12-20-19(27)23-22-17(24)11-16-18(25)21-14-9-6-7-10-15(14)26-16/h6-7,9-10,13,16H,3-5,8,11-12H2,1-2H3,(H,21,25)(H,22,24)(H2,20,23,27)/t13-,16+/m1/s1. The van der Waals surface area contributed by atoms with Gasteiger partial charge in [-0.1, -0.05) is 45.2 Å². The highest BCUT2D eigenvalue weighted by molar-refractivity contribution is 7.80. The number of anilines is 1. The third kappa shape index (κ3) is 7.05. The number of nitrogens with one attached hydrogen (secondary N) is 4. The van der Waals surface area contributed by atoms with E-state index in [-0.39, 0.29) is 18.2 Å². The second-order valence-corrected chi connectivity index (χ2v) is 7.19. The van der Waals surface area contributed by atoms with Crippen molar-refractivity contribution < 1.29 is 14.3 Å². The summed E-state index contributed by atoms with van der Waals surface area (Å²) in [6.07, 6.45) is 3.82. The molecular weight excluding hydrogens is 364 g/mol. The summed E-state index contributed by atoms with van der Waals surface area (Å²) < 4.78 is 5.60. The molecule has 0 fully saturated rings. The van der Waals surface area contributed by atoms with Crippen LogP contribution in [0.4, 0.5) is 5.69 Å². The number of ether oxygens (including phenoxy) is 1. The van der Waals surface area contributed by atoms with Crippen molar-refractivity contribution >= 4 is 34.8 Å². The Bertz CT molecular complexity index is 668. The number of unbranched alkanes of at least 4 members (excludes halogenated alkanes) is 2. The molecule has 0 bridgehead atoms. The van der Waals surface area contributed by atoms with Crippen LogP contribution in [-0.2, 0) is 9.59 Å². The number of hydrogen-bond donors (Lipinski definition) is 4. The fraction of sp³-hybridized carbons (Fsp3) is 0.526. The maximum absolute atomic E-state index is 12.1. The molecule has 2 amide bonds. The largest absolute Gasteiger partial charge is 0.478 e. The number of para-hydroxylation sites is 2. The predicted molar refractivity (Wildman–Crippen MR) is 109 cm³/mol. The number of benzene rings is 1. The van der Waals surface area contributed by atoms with Gasteiger partial charge in [-0.3, -0.25) is 20.4 Å². The molecule has 0 unspecified atom stereocenters. The van der Waals surface area contributed by atoms with Gasteiger partial charge in [0.05, 0.1) is 12.1 Å². The number of carbonyl (C=O) groups is 2. The molecule has 0 spiro atoms. The maximum Gasteiger partial charge on any atom is 0.266 e. The SMILES string of the molecule is CCCCC[C@@H](C)CNC(=S)NNC(=O)C[C@@H]1Oc2ccccc2NC1=O. The zero-order valence-electron chi connectivity index (χ0n) is 15.8. The lowest BCUT2D eigenvalue weighted by atomic mass is 10.0. The van der Waals surface area contributed by atoms with Crippen molar-refractivity contribution in [2.75, 3.05) is 11.9 Å². The third-order valence-corrected chi connectivity index (χ3v) is 4.55. The molecule has 1 aliphatic rings. The van der Waals surface area contributed by atoms with Crippen molar-refractivity contribution in [3.8, 4) is 5.75 Å². The summed E-state index contributed by atoms with van der Waals surface area (Å²) in [6, 6.07) is 7.11. The van der Waals surface area contributed by atoms with E-state index in [1.807, 2.05) is 6.07 Å². The van der Waals surface area contributed by atoms with Crippen molar-refractivity contribution in [3.63, 3.8) is 0 Å². The number of rotatable bonds is 8. The minimum atomic E-state index is -0.873. The first kappa shape index (κ1) is 21.0. The van der Waals surface area contributed by atoms with Gasteiger partial charge in [0.15, 0.2) is 11.2 Å². The van der Waals surface area contributed by atoms with Crippen molar-refractivity contribution in [1.29, 1.82) is 0 Å². The lowest BCUT2D eigenvalue weighted by Gasteiger charge is -2.25. The normalized spacial score (nSPS) is 16.4. The van der Waals surface area contributed by atoms with Gasteiger partial charge in [0.25, 0.3) is 5.91 Å². The lowest BCUT2D eigenvalue weighted by Crippen LogP contribution is -2.49. The minimum absolute atomic E-state index is 0.108. The molecule has 7 nitrogen and oxygen atoms in total. The summed E-state index contributed by atoms with van der Waals surface area (Å²) in [5, 5.41) is 6.17. The molecule has 2 atom stereocenters. The topological polar surface area (TPSA) is 91.5 Å². The smallest absolute Gasteiger partial charge is 0.266 e. The second-order valence-electron chi connectivity index (χ2n) is 6.78. The van der Waals surface area contributed by atoms with E-state index in [1.165, 1.54) is 19.3 Å². The zero-order chi connectivity index (χ0) is 19.6. The first-order valence-corrected chi connectivity index (χ1v) is 9.79. The minimum Gasteiger partial charge on any atom is -0.478 e. The van der Waals surface area contributed by atoms with Crippen LogP contribution in [0.5, 0.6) is 5.75 Å². The maximum atomic E-state index is 12.1. The van der Waals surface area contributed by atoms with E-state index >= 15 is 0 Å². The Labute approximate surface area is 165 Å². The Morgan fingerprint density at radius 1 is 1.30 bits per heavy atom. The number of amides is 2. The third-order valence-electron chi connectivity index (χ3n) is 4.30. The molecule has 0 saturated heterocycles. The molecule has 0 aliphatic carbocycles. The molecule has 1 aromatic rings. The molecule has 148 valence electrons. The molecule has 8 heteroatoms. The van der Waals surface area contributed by atoms with Crippen LogP contribution in [0.25, 0.3) is 0 Å². The predicted octanol–water partition coefficient (Wildman–Crippen LogP) is 2.49. The molecule has 2 rings (SSSR count). The van der Waals surface area contributed by atoms with Gasteiger partial charge in [-0.2, -0.15) is 0 Å². The van der Waals surface area contributed by atoms with Gasteiger partial charge in [0, 0.05) is 6.54 Å². The van der Waals surface area contributed by atoms with E-state index in [2.05, 4.69) is 35.3 Å². The molecule has 0 aromatic heterocycles. The average molecular weight is 393 g/mol.